The minimum atomic E-state index is 0.227. The molecule has 3 rings (SSSR count). The van der Waals surface area contributed by atoms with Crippen molar-refractivity contribution in [1.29, 1.82) is 0 Å². The molecule has 0 saturated carbocycles. The molecule has 4 heteroatoms. The molecule has 2 aliphatic heterocycles. The van der Waals surface area contributed by atoms with Crippen LogP contribution in [0.15, 0.2) is 24.3 Å². The van der Waals surface area contributed by atoms with Crippen LogP contribution in [0.2, 0.25) is 0 Å². The third kappa shape index (κ3) is 4.06. The SMILES string of the molecule is CCC(=O)N1c2ccccc2C(NCC2CCN(CC)CC2)CC1C. The van der Waals surface area contributed by atoms with Crippen LogP contribution in [0.4, 0.5) is 5.69 Å². The second-order valence-electron chi connectivity index (χ2n) is 7.60. The molecule has 0 aliphatic carbocycles. The van der Waals surface area contributed by atoms with Crippen LogP contribution in [0.1, 0.15) is 58.1 Å². The number of rotatable bonds is 5. The maximum Gasteiger partial charge on any atom is 0.226 e. The number of para-hydroxylation sites is 1. The fourth-order valence-electron chi connectivity index (χ4n) is 4.37. The Morgan fingerprint density at radius 2 is 1.92 bits per heavy atom. The molecule has 0 bridgehead atoms. The van der Waals surface area contributed by atoms with Gasteiger partial charge < -0.3 is 15.1 Å². The van der Waals surface area contributed by atoms with Gasteiger partial charge in [-0.25, -0.2) is 0 Å². The lowest BCUT2D eigenvalue weighted by molar-refractivity contribution is -0.118. The second kappa shape index (κ2) is 8.33. The zero-order chi connectivity index (χ0) is 17.8. The maximum atomic E-state index is 12.4. The number of fused-ring (bicyclic) bond motifs is 1. The fourth-order valence-corrected chi connectivity index (χ4v) is 4.37. The van der Waals surface area contributed by atoms with Crippen LogP contribution in [0.5, 0.6) is 0 Å². The molecule has 1 N–H and O–H groups in total. The predicted octanol–water partition coefficient (Wildman–Crippen LogP) is 3.58. The van der Waals surface area contributed by atoms with Crippen molar-refractivity contribution < 1.29 is 4.79 Å². The smallest absolute Gasteiger partial charge is 0.226 e. The number of nitrogens with one attached hydrogen (secondary N) is 1. The third-order valence-electron chi connectivity index (χ3n) is 5.97. The van der Waals surface area contributed by atoms with E-state index < -0.39 is 0 Å². The van der Waals surface area contributed by atoms with Crippen molar-refractivity contribution in [3.63, 3.8) is 0 Å². The zero-order valence-electron chi connectivity index (χ0n) is 16.0. The number of likely N-dealkylation sites (tertiary alicyclic amines) is 1. The molecule has 1 fully saturated rings. The first-order valence-corrected chi connectivity index (χ1v) is 10.0. The quantitative estimate of drug-likeness (QED) is 0.887. The summed E-state index contributed by atoms with van der Waals surface area (Å²) in [4.78, 5) is 17.0. The maximum absolute atomic E-state index is 12.4. The van der Waals surface area contributed by atoms with Crippen LogP contribution in [0, 0.1) is 5.92 Å². The van der Waals surface area contributed by atoms with E-state index in [0.717, 1.165) is 24.6 Å². The Balaban J connectivity index is 1.67. The number of carbonyl (C=O) groups is 1. The highest BCUT2D eigenvalue weighted by Crippen LogP contribution is 2.37. The van der Waals surface area contributed by atoms with E-state index in [-0.39, 0.29) is 11.9 Å². The summed E-state index contributed by atoms with van der Waals surface area (Å²) in [5.74, 6) is 1.01. The highest BCUT2D eigenvalue weighted by Gasteiger charge is 2.33. The van der Waals surface area contributed by atoms with Gasteiger partial charge in [-0.3, -0.25) is 4.79 Å². The Labute approximate surface area is 152 Å². The molecule has 2 atom stereocenters. The second-order valence-corrected chi connectivity index (χ2v) is 7.60. The molecule has 2 heterocycles. The summed E-state index contributed by atoms with van der Waals surface area (Å²) in [5.41, 5.74) is 2.39. The number of hydrogen-bond donors (Lipinski definition) is 1. The van der Waals surface area contributed by atoms with Gasteiger partial charge in [0.1, 0.15) is 0 Å². The van der Waals surface area contributed by atoms with E-state index in [1.165, 1.54) is 38.0 Å². The normalized spacial score (nSPS) is 25.0. The van der Waals surface area contributed by atoms with Gasteiger partial charge in [-0.2, -0.15) is 0 Å². The summed E-state index contributed by atoms with van der Waals surface area (Å²) in [6.45, 7) is 11.1. The Bertz CT molecular complexity index is 580. The highest BCUT2D eigenvalue weighted by molar-refractivity contribution is 5.95. The van der Waals surface area contributed by atoms with Gasteiger partial charge in [0.15, 0.2) is 0 Å². The summed E-state index contributed by atoms with van der Waals surface area (Å²) in [5, 5.41) is 3.83. The molecule has 2 unspecified atom stereocenters. The molecule has 138 valence electrons. The van der Waals surface area contributed by atoms with E-state index in [0.29, 0.717) is 12.5 Å². The first-order valence-electron chi connectivity index (χ1n) is 10.0. The summed E-state index contributed by atoms with van der Waals surface area (Å²) in [6.07, 6.45) is 4.15. The number of carbonyl (C=O) groups excluding carboxylic acids is 1. The molecule has 1 aromatic carbocycles. The summed E-state index contributed by atoms with van der Waals surface area (Å²) in [6, 6.07) is 9.04. The molecule has 0 radical (unpaired) electrons. The van der Waals surface area contributed by atoms with Crippen LogP contribution in [0.3, 0.4) is 0 Å². The van der Waals surface area contributed by atoms with E-state index >= 15 is 0 Å². The number of anilines is 1. The van der Waals surface area contributed by atoms with Gasteiger partial charge in [-0.05, 0) is 69.9 Å². The van der Waals surface area contributed by atoms with Gasteiger partial charge in [-0.1, -0.05) is 32.0 Å². The highest BCUT2D eigenvalue weighted by atomic mass is 16.2. The van der Waals surface area contributed by atoms with Gasteiger partial charge in [-0.15, -0.1) is 0 Å². The minimum absolute atomic E-state index is 0.227. The van der Waals surface area contributed by atoms with E-state index in [1.54, 1.807) is 0 Å². The lowest BCUT2D eigenvalue weighted by atomic mass is 9.90. The summed E-state index contributed by atoms with van der Waals surface area (Å²) >= 11 is 0. The van der Waals surface area contributed by atoms with Crippen molar-refractivity contribution >= 4 is 11.6 Å². The van der Waals surface area contributed by atoms with Crippen LogP contribution in [-0.2, 0) is 4.79 Å². The van der Waals surface area contributed by atoms with E-state index in [4.69, 9.17) is 0 Å². The standard InChI is InChI=1S/C21H33N3O/c1-4-21(25)24-16(3)14-19(18-8-6-7-9-20(18)24)22-15-17-10-12-23(5-2)13-11-17/h6-9,16-17,19,22H,4-5,10-15H2,1-3H3. The minimum Gasteiger partial charge on any atom is -0.310 e. The molecule has 25 heavy (non-hydrogen) atoms. The van der Waals surface area contributed by atoms with Crippen molar-refractivity contribution in [2.45, 2.75) is 58.5 Å². The molecular weight excluding hydrogens is 310 g/mol. The van der Waals surface area contributed by atoms with E-state index in [2.05, 4.69) is 42.3 Å². The van der Waals surface area contributed by atoms with Crippen LogP contribution < -0.4 is 10.2 Å². The van der Waals surface area contributed by atoms with E-state index in [1.807, 2.05) is 17.9 Å². The molecule has 0 spiro atoms. The lowest BCUT2D eigenvalue weighted by Gasteiger charge is -2.40. The number of piperidine rings is 1. The van der Waals surface area contributed by atoms with Crippen LogP contribution in [-0.4, -0.2) is 43.0 Å². The lowest BCUT2D eigenvalue weighted by Crippen LogP contribution is -2.46. The predicted molar refractivity (Wildman–Crippen MR) is 104 cm³/mol. The molecule has 0 aromatic heterocycles. The third-order valence-corrected chi connectivity index (χ3v) is 5.97. The summed E-state index contributed by atoms with van der Waals surface area (Å²) in [7, 11) is 0. The zero-order valence-corrected chi connectivity index (χ0v) is 16.0. The number of hydrogen-bond acceptors (Lipinski definition) is 3. The molecule has 1 saturated heterocycles. The van der Waals surface area contributed by atoms with Crippen LogP contribution >= 0.6 is 0 Å². The first-order chi connectivity index (χ1) is 12.1. The molecule has 1 aromatic rings. The Morgan fingerprint density at radius 3 is 2.60 bits per heavy atom. The van der Waals surface area contributed by atoms with Gasteiger partial charge in [0.2, 0.25) is 5.91 Å². The van der Waals surface area contributed by atoms with Crippen molar-refractivity contribution in [3.05, 3.63) is 29.8 Å². The van der Waals surface area contributed by atoms with Crippen molar-refractivity contribution in [2.24, 2.45) is 5.92 Å². The van der Waals surface area contributed by atoms with E-state index in [9.17, 15) is 4.79 Å². The monoisotopic (exact) mass is 343 g/mol. The van der Waals surface area contributed by atoms with Gasteiger partial charge >= 0.3 is 0 Å². The van der Waals surface area contributed by atoms with Gasteiger partial charge in [0, 0.05) is 24.2 Å². The number of benzene rings is 1. The van der Waals surface area contributed by atoms with Crippen molar-refractivity contribution in [3.8, 4) is 0 Å². The summed E-state index contributed by atoms with van der Waals surface area (Å²) < 4.78 is 0. The number of amides is 1. The Kier molecular flexibility index (Phi) is 6.13. The Morgan fingerprint density at radius 1 is 1.20 bits per heavy atom. The largest absolute Gasteiger partial charge is 0.310 e. The number of nitrogens with zero attached hydrogens (tertiary/aromatic N) is 2. The molecule has 4 nitrogen and oxygen atoms in total. The topological polar surface area (TPSA) is 35.6 Å². The van der Waals surface area contributed by atoms with Crippen molar-refractivity contribution in [2.75, 3.05) is 31.1 Å². The Hall–Kier alpha value is -1.39. The van der Waals surface area contributed by atoms with Gasteiger partial charge in [0.25, 0.3) is 0 Å². The van der Waals surface area contributed by atoms with Crippen molar-refractivity contribution in [1.82, 2.24) is 10.2 Å². The van der Waals surface area contributed by atoms with Crippen LogP contribution in [0.25, 0.3) is 0 Å². The molecule has 1 amide bonds. The fraction of sp³-hybridized carbons (Fsp3) is 0.667. The van der Waals surface area contributed by atoms with Gasteiger partial charge in [0.05, 0.1) is 0 Å². The average molecular weight is 344 g/mol. The average Bonchev–Trinajstić information content (AvgIpc) is 2.66. The first kappa shape index (κ1) is 18.4. The molecular formula is C21H33N3O. The molecule has 2 aliphatic rings.